The molecule has 0 spiro atoms. The Kier molecular flexibility index (Phi) is 5.78. The van der Waals surface area contributed by atoms with Gasteiger partial charge in [0, 0.05) is 12.5 Å². The Balaban J connectivity index is 2.21. The van der Waals surface area contributed by atoms with E-state index in [9.17, 15) is 14.7 Å². The van der Waals surface area contributed by atoms with E-state index < -0.39 is 11.7 Å². The molecule has 24 heavy (non-hydrogen) atoms. The average Bonchev–Trinajstić information content (AvgIpc) is 2.47. The highest BCUT2D eigenvalue weighted by molar-refractivity contribution is 5.70. The number of esters is 1. The maximum absolute atomic E-state index is 12.7. The fourth-order valence-corrected chi connectivity index (χ4v) is 4.16. The predicted molar refractivity (Wildman–Crippen MR) is 89.4 cm³/mol. The number of likely N-dealkylation sites (tertiary alicyclic amines) is 1. The van der Waals surface area contributed by atoms with Crippen LogP contribution in [0.2, 0.25) is 0 Å². The molecule has 1 aliphatic heterocycles. The monoisotopic (exact) mass is 341 g/mol. The number of hydrogen-bond donors (Lipinski definition) is 1. The zero-order valence-corrected chi connectivity index (χ0v) is 15.4. The molecule has 2 fully saturated rings. The van der Waals surface area contributed by atoms with Crippen molar-refractivity contribution in [1.82, 2.24) is 4.90 Å². The van der Waals surface area contributed by atoms with Crippen molar-refractivity contribution in [2.75, 3.05) is 7.11 Å². The van der Waals surface area contributed by atoms with E-state index in [0.29, 0.717) is 12.8 Å². The van der Waals surface area contributed by atoms with E-state index >= 15 is 0 Å². The number of piperidine rings is 1. The average molecular weight is 341 g/mol. The van der Waals surface area contributed by atoms with Crippen LogP contribution in [0.4, 0.5) is 4.79 Å². The number of carbonyl (C=O) groups excluding carboxylic acids is 2. The van der Waals surface area contributed by atoms with E-state index in [1.54, 1.807) is 4.90 Å². The zero-order chi connectivity index (χ0) is 18.1. The van der Waals surface area contributed by atoms with Crippen molar-refractivity contribution < 1.29 is 24.2 Å². The molecule has 0 aromatic heterocycles. The van der Waals surface area contributed by atoms with Gasteiger partial charge in [-0.25, -0.2) is 4.79 Å². The molecule has 1 saturated heterocycles. The second kappa shape index (κ2) is 7.30. The summed E-state index contributed by atoms with van der Waals surface area (Å²) in [5.74, 6) is 0.0254. The van der Waals surface area contributed by atoms with Gasteiger partial charge in [-0.3, -0.25) is 9.69 Å². The molecule has 1 amide bonds. The van der Waals surface area contributed by atoms with E-state index in [-0.39, 0.29) is 36.0 Å². The van der Waals surface area contributed by atoms with Gasteiger partial charge in [0.15, 0.2) is 0 Å². The lowest BCUT2D eigenvalue weighted by Gasteiger charge is -2.51. The van der Waals surface area contributed by atoms with Crippen LogP contribution in [0.3, 0.4) is 0 Å². The largest absolute Gasteiger partial charge is 0.469 e. The summed E-state index contributed by atoms with van der Waals surface area (Å²) in [5, 5.41) is 10.5. The van der Waals surface area contributed by atoms with Gasteiger partial charge in [-0.1, -0.05) is 6.42 Å². The third-order valence-electron chi connectivity index (χ3n) is 5.30. The number of rotatable bonds is 2. The van der Waals surface area contributed by atoms with Crippen molar-refractivity contribution in [3.05, 3.63) is 0 Å². The molecule has 0 aromatic rings. The number of carbonyl (C=O) groups is 2. The third kappa shape index (κ3) is 4.21. The number of aliphatic hydroxyl groups is 1. The first-order valence-electron chi connectivity index (χ1n) is 8.90. The van der Waals surface area contributed by atoms with Crippen molar-refractivity contribution in [1.29, 1.82) is 0 Å². The molecule has 0 bridgehead atoms. The Labute approximate surface area is 144 Å². The van der Waals surface area contributed by atoms with Crippen LogP contribution in [-0.4, -0.2) is 53.0 Å². The minimum atomic E-state index is -0.600. The molecule has 1 heterocycles. The molecule has 6 nitrogen and oxygen atoms in total. The van der Waals surface area contributed by atoms with Gasteiger partial charge in [-0.05, 0) is 58.8 Å². The first kappa shape index (κ1) is 19.0. The van der Waals surface area contributed by atoms with E-state index in [2.05, 4.69) is 0 Å². The number of amides is 1. The molecular formula is C18H31NO5. The molecule has 6 heteroatoms. The van der Waals surface area contributed by atoms with Crippen LogP contribution in [0.25, 0.3) is 0 Å². The summed E-state index contributed by atoms with van der Waals surface area (Å²) in [6.07, 6.45) is 2.77. The van der Waals surface area contributed by atoms with Crippen molar-refractivity contribution in [3.63, 3.8) is 0 Å². The maximum Gasteiger partial charge on any atom is 0.410 e. The van der Waals surface area contributed by atoms with Crippen molar-refractivity contribution in [3.8, 4) is 0 Å². The highest BCUT2D eigenvalue weighted by atomic mass is 16.6. The number of methoxy groups -OCH3 is 1. The van der Waals surface area contributed by atoms with Crippen molar-refractivity contribution in [2.45, 2.75) is 83.6 Å². The second-order valence-electron chi connectivity index (χ2n) is 8.13. The molecule has 5 atom stereocenters. The molecule has 2 rings (SSSR count). The number of nitrogens with zero attached hydrogens (tertiary/aromatic N) is 1. The van der Waals surface area contributed by atoms with Gasteiger partial charge in [-0.15, -0.1) is 0 Å². The van der Waals surface area contributed by atoms with E-state index in [1.807, 2.05) is 27.7 Å². The molecule has 1 aliphatic carbocycles. The summed E-state index contributed by atoms with van der Waals surface area (Å²) in [7, 11) is 1.40. The maximum atomic E-state index is 12.7. The zero-order valence-electron chi connectivity index (χ0n) is 15.4. The smallest absolute Gasteiger partial charge is 0.410 e. The molecule has 0 unspecified atom stereocenters. The molecule has 1 saturated carbocycles. The standard InChI is InChI=1S/C18H31NO5/c1-11-15(20)10-13-12(9-16(21)23-5)7-6-8-14(13)19(11)17(22)24-18(2,3)4/h11-15,20H,6-10H2,1-5H3/t11-,12-,13+,14-,15+/m0/s1. The highest BCUT2D eigenvalue weighted by Crippen LogP contribution is 2.43. The van der Waals surface area contributed by atoms with Crippen LogP contribution in [0, 0.1) is 11.8 Å². The second-order valence-corrected chi connectivity index (χ2v) is 8.13. The molecule has 2 aliphatic rings. The number of aliphatic hydroxyl groups excluding tert-OH is 1. The van der Waals surface area contributed by atoms with Crippen LogP contribution >= 0.6 is 0 Å². The molecule has 0 aromatic carbocycles. The van der Waals surface area contributed by atoms with Crippen LogP contribution in [0.15, 0.2) is 0 Å². The molecule has 1 N–H and O–H groups in total. The fourth-order valence-electron chi connectivity index (χ4n) is 4.16. The lowest BCUT2D eigenvalue weighted by atomic mass is 9.68. The van der Waals surface area contributed by atoms with Crippen molar-refractivity contribution in [2.24, 2.45) is 11.8 Å². The van der Waals surface area contributed by atoms with Gasteiger partial charge in [0.25, 0.3) is 0 Å². The van der Waals surface area contributed by atoms with Crippen molar-refractivity contribution >= 4 is 12.1 Å². The fraction of sp³-hybridized carbons (Fsp3) is 0.889. The quantitative estimate of drug-likeness (QED) is 0.782. The number of hydrogen-bond acceptors (Lipinski definition) is 5. The van der Waals surface area contributed by atoms with Crippen LogP contribution in [0.5, 0.6) is 0 Å². The van der Waals surface area contributed by atoms with E-state index in [1.165, 1.54) is 7.11 Å². The molecular weight excluding hydrogens is 310 g/mol. The Bertz CT molecular complexity index is 473. The summed E-state index contributed by atoms with van der Waals surface area (Å²) in [4.78, 5) is 26.1. The Morgan fingerprint density at radius 1 is 1.25 bits per heavy atom. The van der Waals surface area contributed by atoms with Gasteiger partial charge >= 0.3 is 12.1 Å². The Morgan fingerprint density at radius 3 is 2.50 bits per heavy atom. The summed E-state index contributed by atoms with van der Waals surface area (Å²) in [6, 6.07) is -0.264. The topological polar surface area (TPSA) is 76.1 Å². The molecule has 138 valence electrons. The lowest BCUT2D eigenvalue weighted by Crippen LogP contribution is -2.61. The lowest BCUT2D eigenvalue weighted by molar-refractivity contribution is -0.144. The van der Waals surface area contributed by atoms with E-state index in [4.69, 9.17) is 9.47 Å². The number of fused-ring (bicyclic) bond motifs is 1. The molecule has 0 radical (unpaired) electrons. The summed E-state index contributed by atoms with van der Waals surface area (Å²) < 4.78 is 10.4. The minimum Gasteiger partial charge on any atom is -0.469 e. The Hall–Kier alpha value is -1.30. The first-order chi connectivity index (χ1) is 11.1. The third-order valence-corrected chi connectivity index (χ3v) is 5.30. The summed E-state index contributed by atoms with van der Waals surface area (Å²) >= 11 is 0. The highest BCUT2D eigenvalue weighted by Gasteiger charge is 2.48. The number of ether oxygens (including phenoxy) is 2. The first-order valence-corrected chi connectivity index (χ1v) is 8.90. The summed E-state index contributed by atoms with van der Waals surface area (Å²) in [5.41, 5.74) is -0.575. The summed E-state index contributed by atoms with van der Waals surface area (Å²) in [6.45, 7) is 7.39. The van der Waals surface area contributed by atoms with Gasteiger partial charge in [-0.2, -0.15) is 0 Å². The van der Waals surface area contributed by atoms with Crippen LogP contribution < -0.4 is 0 Å². The normalized spacial score (nSPS) is 33.6. The minimum absolute atomic E-state index is 0.0154. The Morgan fingerprint density at radius 2 is 1.92 bits per heavy atom. The van der Waals surface area contributed by atoms with Gasteiger partial charge < -0.3 is 14.6 Å². The van der Waals surface area contributed by atoms with Crippen LogP contribution in [-0.2, 0) is 14.3 Å². The van der Waals surface area contributed by atoms with E-state index in [0.717, 1.165) is 19.3 Å². The van der Waals surface area contributed by atoms with Gasteiger partial charge in [0.2, 0.25) is 0 Å². The van der Waals surface area contributed by atoms with Gasteiger partial charge in [0.1, 0.15) is 5.60 Å². The predicted octanol–water partition coefficient (Wildman–Crippen LogP) is 2.72. The van der Waals surface area contributed by atoms with Crippen LogP contribution in [0.1, 0.15) is 59.8 Å². The van der Waals surface area contributed by atoms with Gasteiger partial charge in [0.05, 0.1) is 19.3 Å². The SMILES string of the molecule is COC(=O)C[C@@H]1CCC[C@H]2[C@@H]1C[C@@H](O)[C@H](C)N2C(=O)OC(C)(C)C.